The van der Waals surface area contributed by atoms with Crippen molar-refractivity contribution < 1.29 is 14.6 Å². The van der Waals surface area contributed by atoms with Crippen LogP contribution in [0.3, 0.4) is 0 Å². The van der Waals surface area contributed by atoms with Crippen LogP contribution in [0, 0.1) is 0 Å². The number of aromatic hydroxyl groups is 1. The second-order valence-electron chi connectivity index (χ2n) is 6.07. The molecule has 0 spiro atoms. The quantitative estimate of drug-likeness (QED) is 0.729. The van der Waals surface area contributed by atoms with Crippen molar-refractivity contribution in [2.45, 2.75) is 26.4 Å². The van der Waals surface area contributed by atoms with E-state index in [4.69, 9.17) is 4.74 Å². The summed E-state index contributed by atoms with van der Waals surface area (Å²) in [5, 5.41) is 16.0. The molecule has 2 rings (SSSR count). The third kappa shape index (κ3) is 4.53. The molecule has 116 valence electrons. The Hall–Kier alpha value is -1.95. The molecule has 0 aliphatic carbocycles. The van der Waals surface area contributed by atoms with Gasteiger partial charge in [0, 0.05) is 31.9 Å². The zero-order valence-electron chi connectivity index (χ0n) is 12.8. The summed E-state index contributed by atoms with van der Waals surface area (Å²) in [6, 6.07) is 5.01. The van der Waals surface area contributed by atoms with Gasteiger partial charge in [0.2, 0.25) is 0 Å². The van der Waals surface area contributed by atoms with Gasteiger partial charge in [0.05, 0.1) is 5.69 Å². The highest BCUT2D eigenvalue weighted by Crippen LogP contribution is 2.30. The van der Waals surface area contributed by atoms with Crippen molar-refractivity contribution in [2.24, 2.45) is 0 Å². The lowest BCUT2D eigenvalue weighted by Crippen LogP contribution is -2.43. The summed E-state index contributed by atoms with van der Waals surface area (Å²) < 4.78 is 5.22. The molecule has 0 atom stereocenters. The van der Waals surface area contributed by atoms with Crippen LogP contribution >= 0.6 is 0 Å². The Balaban J connectivity index is 2.09. The molecule has 0 aromatic heterocycles. The van der Waals surface area contributed by atoms with Crippen molar-refractivity contribution in [1.29, 1.82) is 0 Å². The van der Waals surface area contributed by atoms with E-state index in [1.54, 1.807) is 18.2 Å². The Morgan fingerprint density at radius 3 is 2.62 bits per heavy atom. The maximum Gasteiger partial charge on any atom is 0.412 e. The van der Waals surface area contributed by atoms with Gasteiger partial charge >= 0.3 is 6.09 Å². The standard InChI is InChI=1S/C15H23N3O3/c1-15(2,3)21-14(20)17-11-4-5-13(19)12(10-11)18-8-6-16-7-9-18/h4-5,10,16,19H,6-9H2,1-3H3,(H,17,20). The van der Waals surface area contributed by atoms with Crippen molar-refractivity contribution >= 4 is 17.5 Å². The average molecular weight is 293 g/mol. The zero-order chi connectivity index (χ0) is 15.5. The van der Waals surface area contributed by atoms with Gasteiger partial charge in [0.15, 0.2) is 0 Å². The Kier molecular flexibility index (Phi) is 4.57. The van der Waals surface area contributed by atoms with E-state index in [0.717, 1.165) is 31.9 Å². The van der Waals surface area contributed by atoms with Gasteiger partial charge < -0.3 is 20.1 Å². The first-order valence-electron chi connectivity index (χ1n) is 7.14. The molecule has 3 N–H and O–H groups in total. The molecule has 1 aromatic rings. The van der Waals surface area contributed by atoms with Crippen molar-refractivity contribution in [2.75, 3.05) is 36.4 Å². The molecular weight excluding hydrogens is 270 g/mol. The molecule has 0 bridgehead atoms. The van der Waals surface area contributed by atoms with E-state index in [1.165, 1.54) is 0 Å². The highest BCUT2D eigenvalue weighted by Gasteiger charge is 2.18. The number of amides is 1. The number of nitrogens with one attached hydrogen (secondary N) is 2. The molecule has 1 aliphatic rings. The molecule has 1 aromatic carbocycles. The molecule has 1 heterocycles. The summed E-state index contributed by atoms with van der Waals surface area (Å²) in [5.74, 6) is 0.214. The number of rotatable bonds is 2. The van der Waals surface area contributed by atoms with Crippen LogP contribution in [-0.4, -0.2) is 43.0 Å². The van der Waals surface area contributed by atoms with Crippen molar-refractivity contribution in [3.63, 3.8) is 0 Å². The van der Waals surface area contributed by atoms with E-state index in [-0.39, 0.29) is 5.75 Å². The molecule has 21 heavy (non-hydrogen) atoms. The minimum absolute atomic E-state index is 0.214. The molecule has 1 aliphatic heterocycles. The third-order valence-electron chi connectivity index (χ3n) is 3.08. The number of phenols is 1. The molecular formula is C15H23N3O3. The topological polar surface area (TPSA) is 73.8 Å². The van der Waals surface area contributed by atoms with Gasteiger partial charge in [-0.2, -0.15) is 0 Å². The fourth-order valence-electron chi connectivity index (χ4n) is 2.18. The Morgan fingerprint density at radius 1 is 1.33 bits per heavy atom. The summed E-state index contributed by atoms with van der Waals surface area (Å²) in [5.41, 5.74) is 0.795. The second-order valence-corrected chi connectivity index (χ2v) is 6.07. The number of ether oxygens (including phenoxy) is 1. The summed E-state index contributed by atoms with van der Waals surface area (Å²) in [6.45, 7) is 8.85. The average Bonchev–Trinajstić information content (AvgIpc) is 2.40. The first-order valence-corrected chi connectivity index (χ1v) is 7.14. The molecule has 6 nitrogen and oxygen atoms in total. The predicted molar refractivity (Wildman–Crippen MR) is 83.0 cm³/mol. The number of carbonyl (C=O) groups is 1. The largest absolute Gasteiger partial charge is 0.506 e. The molecule has 0 saturated carbocycles. The number of piperazine rings is 1. The van der Waals surface area contributed by atoms with Gasteiger partial charge in [-0.3, -0.25) is 5.32 Å². The summed E-state index contributed by atoms with van der Waals surface area (Å²) in [6.07, 6.45) is -0.501. The monoisotopic (exact) mass is 293 g/mol. The highest BCUT2D eigenvalue weighted by molar-refractivity contribution is 5.86. The smallest absolute Gasteiger partial charge is 0.412 e. The Labute approximate surface area is 125 Å². The van der Waals surface area contributed by atoms with Crippen molar-refractivity contribution in [3.05, 3.63) is 18.2 Å². The van der Waals surface area contributed by atoms with Crippen LogP contribution in [0.25, 0.3) is 0 Å². The SMILES string of the molecule is CC(C)(C)OC(=O)Nc1ccc(O)c(N2CCNCC2)c1. The number of carbonyl (C=O) groups excluding carboxylic acids is 1. The highest BCUT2D eigenvalue weighted by atomic mass is 16.6. The first-order chi connectivity index (χ1) is 9.85. The number of anilines is 2. The minimum atomic E-state index is -0.539. The van der Waals surface area contributed by atoms with Gasteiger partial charge in [-0.1, -0.05) is 0 Å². The lowest BCUT2D eigenvalue weighted by molar-refractivity contribution is 0.0636. The Bertz CT molecular complexity index is 505. The molecule has 6 heteroatoms. The lowest BCUT2D eigenvalue weighted by Gasteiger charge is -2.30. The van der Waals surface area contributed by atoms with E-state index in [1.807, 2.05) is 20.8 Å². The number of benzene rings is 1. The predicted octanol–water partition coefficient (Wildman–Crippen LogP) is 2.15. The van der Waals surface area contributed by atoms with Crippen LogP contribution in [0.1, 0.15) is 20.8 Å². The minimum Gasteiger partial charge on any atom is -0.506 e. The van der Waals surface area contributed by atoms with Crippen LogP contribution in [0.2, 0.25) is 0 Å². The van der Waals surface area contributed by atoms with Crippen LogP contribution in [0.4, 0.5) is 16.2 Å². The number of nitrogens with zero attached hydrogens (tertiary/aromatic N) is 1. The van der Waals surface area contributed by atoms with E-state index in [2.05, 4.69) is 15.5 Å². The molecule has 0 unspecified atom stereocenters. The third-order valence-corrected chi connectivity index (χ3v) is 3.08. The van der Waals surface area contributed by atoms with Gasteiger partial charge in [0.1, 0.15) is 11.4 Å². The van der Waals surface area contributed by atoms with Gasteiger partial charge in [-0.15, -0.1) is 0 Å². The van der Waals surface area contributed by atoms with Gasteiger partial charge in [-0.25, -0.2) is 4.79 Å². The maximum absolute atomic E-state index is 11.8. The van der Waals surface area contributed by atoms with Crippen LogP contribution < -0.4 is 15.5 Å². The van der Waals surface area contributed by atoms with Crippen molar-refractivity contribution in [3.8, 4) is 5.75 Å². The van der Waals surface area contributed by atoms with Crippen molar-refractivity contribution in [1.82, 2.24) is 5.32 Å². The zero-order valence-corrected chi connectivity index (χ0v) is 12.8. The fourth-order valence-corrected chi connectivity index (χ4v) is 2.18. The van der Waals surface area contributed by atoms with E-state index >= 15 is 0 Å². The molecule has 1 fully saturated rings. The lowest BCUT2D eigenvalue weighted by atomic mass is 10.2. The Morgan fingerprint density at radius 2 is 2.00 bits per heavy atom. The molecule has 1 amide bonds. The van der Waals surface area contributed by atoms with Gasteiger partial charge in [0.25, 0.3) is 0 Å². The summed E-state index contributed by atoms with van der Waals surface area (Å²) in [7, 11) is 0. The fraction of sp³-hybridized carbons (Fsp3) is 0.533. The number of hydrogen-bond acceptors (Lipinski definition) is 5. The molecule has 1 saturated heterocycles. The summed E-state index contributed by atoms with van der Waals surface area (Å²) in [4.78, 5) is 13.9. The maximum atomic E-state index is 11.8. The van der Waals surface area contributed by atoms with E-state index in [0.29, 0.717) is 5.69 Å². The summed E-state index contributed by atoms with van der Waals surface area (Å²) >= 11 is 0. The van der Waals surface area contributed by atoms with E-state index in [9.17, 15) is 9.90 Å². The second kappa shape index (κ2) is 6.22. The van der Waals surface area contributed by atoms with Crippen LogP contribution in [0.15, 0.2) is 18.2 Å². The first kappa shape index (κ1) is 15.4. The number of hydrogen-bond donors (Lipinski definition) is 3. The van der Waals surface area contributed by atoms with Crippen LogP contribution in [0.5, 0.6) is 5.75 Å². The van der Waals surface area contributed by atoms with Gasteiger partial charge in [-0.05, 0) is 39.0 Å². The normalized spacial score (nSPS) is 15.7. The molecule has 0 radical (unpaired) electrons. The van der Waals surface area contributed by atoms with Crippen LogP contribution in [-0.2, 0) is 4.74 Å². The number of phenolic OH excluding ortho intramolecular Hbond substituents is 1. The van der Waals surface area contributed by atoms with E-state index < -0.39 is 11.7 Å².